The van der Waals surface area contributed by atoms with Gasteiger partial charge in [-0.1, -0.05) is 115 Å². The molecule has 0 saturated carbocycles. The van der Waals surface area contributed by atoms with E-state index in [0.29, 0.717) is 36.2 Å². The molecule has 0 fully saturated rings. The topological polar surface area (TPSA) is 58.9 Å². The van der Waals surface area contributed by atoms with Crippen molar-refractivity contribution in [2.75, 3.05) is 13.2 Å². The number of benzene rings is 3. The number of ether oxygens (including phenoxy) is 2. The fourth-order valence-corrected chi connectivity index (χ4v) is 6.50. The minimum Gasteiger partial charge on any atom is -0.508 e. The minimum atomic E-state index is 0.225. The number of aromatic hydroxyl groups is 2. The molecule has 0 aromatic heterocycles. The van der Waals surface area contributed by atoms with Gasteiger partial charge in [0.25, 0.3) is 0 Å². The average Bonchev–Trinajstić information content (AvgIpc) is 3.02. The van der Waals surface area contributed by atoms with Gasteiger partial charge < -0.3 is 19.7 Å². The number of hydrogen-bond donors (Lipinski definition) is 2. The lowest BCUT2D eigenvalue weighted by molar-refractivity contribution is 0.215. The van der Waals surface area contributed by atoms with Gasteiger partial charge >= 0.3 is 0 Å². The van der Waals surface area contributed by atoms with Crippen molar-refractivity contribution < 1.29 is 19.7 Å². The fourth-order valence-electron chi connectivity index (χ4n) is 6.50. The molecule has 3 aromatic carbocycles. The lowest BCUT2D eigenvalue weighted by Gasteiger charge is -2.20. The standard InChI is InChI=1S/C44H64O4/c1-9-11-13-18-35-27-40(45)38(23-20-33(7)17-15-16-31(3)4)42(29-35)47-24-25-48-43-30-36(19-14-12-10-2)28-41(46)44(43)39-26-34(8)21-22-37(39)32(5)6/h21-22,26-31,33,45-46H,5,9-20,23-25H2,1-4,6-8H3/t33-/m0/s1. The van der Waals surface area contributed by atoms with Gasteiger partial charge in [-0.2, -0.15) is 0 Å². The Labute approximate surface area is 292 Å². The van der Waals surface area contributed by atoms with Crippen molar-refractivity contribution in [1.82, 2.24) is 0 Å². The Hall–Kier alpha value is -3.40. The van der Waals surface area contributed by atoms with E-state index < -0.39 is 0 Å². The predicted molar refractivity (Wildman–Crippen MR) is 205 cm³/mol. The Morgan fingerprint density at radius 2 is 1.31 bits per heavy atom. The molecule has 0 aliphatic carbocycles. The lowest BCUT2D eigenvalue weighted by atomic mass is 9.91. The Morgan fingerprint density at radius 3 is 1.92 bits per heavy atom. The summed E-state index contributed by atoms with van der Waals surface area (Å²) in [7, 11) is 0. The largest absolute Gasteiger partial charge is 0.508 e. The maximum atomic E-state index is 11.4. The van der Waals surface area contributed by atoms with E-state index in [-0.39, 0.29) is 5.75 Å². The third-order valence-electron chi connectivity index (χ3n) is 9.39. The zero-order chi connectivity index (χ0) is 35.1. The predicted octanol–water partition coefficient (Wildman–Crippen LogP) is 12.4. The van der Waals surface area contributed by atoms with E-state index >= 15 is 0 Å². The molecule has 0 bridgehead atoms. The molecular formula is C44H64O4. The van der Waals surface area contributed by atoms with Crippen molar-refractivity contribution in [3.63, 3.8) is 0 Å². The first-order valence-electron chi connectivity index (χ1n) is 18.8. The van der Waals surface area contributed by atoms with E-state index in [1.54, 1.807) is 0 Å². The molecule has 3 rings (SSSR count). The number of phenols is 2. The van der Waals surface area contributed by atoms with Gasteiger partial charge in [-0.15, -0.1) is 0 Å². The van der Waals surface area contributed by atoms with Crippen LogP contribution in [0.2, 0.25) is 0 Å². The number of aryl methyl sites for hydroxylation is 3. The molecule has 264 valence electrons. The number of allylic oxidation sites excluding steroid dienone is 1. The van der Waals surface area contributed by atoms with Gasteiger partial charge in [-0.25, -0.2) is 0 Å². The van der Waals surface area contributed by atoms with Gasteiger partial charge in [-0.3, -0.25) is 0 Å². The maximum absolute atomic E-state index is 11.4. The van der Waals surface area contributed by atoms with Crippen LogP contribution in [-0.4, -0.2) is 23.4 Å². The van der Waals surface area contributed by atoms with Crippen molar-refractivity contribution >= 4 is 5.57 Å². The van der Waals surface area contributed by atoms with E-state index in [1.165, 1.54) is 25.7 Å². The van der Waals surface area contributed by atoms with Crippen LogP contribution in [0.25, 0.3) is 16.7 Å². The third-order valence-corrected chi connectivity index (χ3v) is 9.39. The van der Waals surface area contributed by atoms with Gasteiger partial charge in [-0.05, 0) is 111 Å². The Balaban J connectivity index is 1.84. The SMILES string of the molecule is C=C(C)c1ccc(C)cc1-c1c(O)cc(CCCCC)cc1OCCOc1cc(CCCCC)cc(O)c1CC[C@@H](C)CCCC(C)C. The molecule has 1 atom stereocenters. The molecule has 4 heteroatoms. The first kappa shape index (κ1) is 39.0. The molecule has 0 radical (unpaired) electrons. The summed E-state index contributed by atoms with van der Waals surface area (Å²) < 4.78 is 12.9. The number of phenolic OH excluding ortho intramolecular Hbond substituents is 2. The van der Waals surface area contributed by atoms with Crippen molar-refractivity contribution in [3.05, 3.63) is 76.9 Å². The van der Waals surface area contributed by atoms with Gasteiger partial charge in [0.1, 0.15) is 36.2 Å². The van der Waals surface area contributed by atoms with Crippen LogP contribution < -0.4 is 9.47 Å². The molecule has 2 N–H and O–H groups in total. The molecule has 0 heterocycles. The Bertz CT molecular complexity index is 1440. The number of rotatable bonds is 22. The van der Waals surface area contributed by atoms with Crippen LogP contribution >= 0.6 is 0 Å². The monoisotopic (exact) mass is 656 g/mol. The summed E-state index contributed by atoms with van der Waals surface area (Å²) in [5, 5.41) is 22.6. The van der Waals surface area contributed by atoms with Crippen LogP contribution in [-0.2, 0) is 19.3 Å². The quantitative estimate of drug-likeness (QED) is 0.106. The zero-order valence-electron chi connectivity index (χ0n) is 31.2. The van der Waals surface area contributed by atoms with E-state index in [1.807, 2.05) is 19.1 Å². The highest BCUT2D eigenvalue weighted by Crippen LogP contribution is 2.43. The van der Waals surface area contributed by atoms with Crippen molar-refractivity contribution in [2.24, 2.45) is 11.8 Å². The van der Waals surface area contributed by atoms with Crippen LogP contribution in [0, 0.1) is 18.8 Å². The number of hydrogen-bond acceptors (Lipinski definition) is 4. The molecule has 0 spiro atoms. The first-order chi connectivity index (χ1) is 23.0. The molecule has 0 amide bonds. The van der Waals surface area contributed by atoms with Gasteiger partial charge in [0.2, 0.25) is 0 Å². The summed E-state index contributed by atoms with van der Waals surface area (Å²) in [6.45, 7) is 20.2. The molecule has 48 heavy (non-hydrogen) atoms. The van der Waals surface area contributed by atoms with Crippen LogP contribution in [0.5, 0.6) is 23.0 Å². The number of unbranched alkanes of at least 4 members (excludes halogenated alkanes) is 4. The van der Waals surface area contributed by atoms with E-state index in [2.05, 4.69) is 78.5 Å². The summed E-state index contributed by atoms with van der Waals surface area (Å²) in [6.07, 6.45) is 14.1. The molecule has 0 unspecified atom stereocenters. The van der Waals surface area contributed by atoms with Crippen molar-refractivity contribution in [3.8, 4) is 34.1 Å². The average molecular weight is 657 g/mol. The Morgan fingerprint density at radius 1 is 0.708 bits per heavy atom. The normalized spacial score (nSPS) is 12.0. The van der Waals surface area contributed by atoms with Crippen molar-refractivity contribution in [2.45, 2.75) is 132 Å². The second-order valence-electron chi connectivity index (χ2n) is 14.5. The summed E-state index contributed by atoms with van der Waals surface area (Å²) in [5.74, 6) is 3.31. The van der Waals surface area contributed by atoms with Gasteiger partial charge in [0.15, 0.2) is 0 Å². The zero-order valence-corrected chi connectivity index (χ0v) is 31.2. The van der Waals surface area contributed by atoms with Crippen LogP contribution in [0.15, 0.2) is 49.0 Å². The maximum Gasteiger partial charge on any atom is 0.131 e. The van der Waals surface area contributed by atoms with E-state index in [0.717, 1.165) is 108 Å². The smallest absolute Gasteiger partial charge is 0.131 e. The van der Waals surface area contributed by atoms with Crippen LogP contribution in [0.3, 0.4) is 0 Å². The molecular weight excluding hydrogens is 592 g/mol. The molecule has 0 aliphatic heterocycles. The molecule has 0 saturated heterocycles. The van der Waals surface area contributed by atoms with Crippen LogP contribution in [0.1, 0.15) is 134 Å². The highest BCUT2D eigenvalue weighted by molar-refractivity contribution is 5.86. The highest BCUT2D eigenvalue weighted by Gasteiger charge is 2.19. The fraction of sp³-hybridized carbons (Fsp3) is 0.545. The van der Waals surface area contributed by atoms with Crippen molar-refractivity contribution in [1.29, 1.82) is 0 Å². The summed E-state index contributed by atoms with van der Waals surface area (Å²) in [4.78, 5) is 0. The summed E-state index contributed by atoms with van der Waals surface area (Å²) in [6, 6.07) is 14.3. The minimum absolute atomic E-state index is 0.225. The van der Waals surface area contributed by atoms with Crippen LogP contribution in [0.4, 0.5) is 0 Å². The Kier molecular flexibility index (Phi) is 16.4. The third kappa shape index (κ3) is 12.2. The second kappa shape index (κ2) is 20.2. The second-order valence-corrected chi connectivity index (χ2v) is 14.5. The van der Waals surface area contributed by atoms with Gasteiger partial charge in [0.05, 0.1) is 5.56 Å². The summed E-state index contributed by atoms with van der Waals surface area (Å²) in [5.41, 5.74) is 7.73. The molecule has 3 aromatic rings. The van der Waals surface area contributed by atoms with E-state index in [9.17, 15) is 10.2 Å². The highest BCUT2D eigenvalue weighted by atomic mass is 16.5. The van der Waals surface area contributed by atoms with E-state index in [4.69, 9.17) is 9.47 Å². The molecule has 0 aliphatic rings. The van der Waals surface area contributed by atoms with Gasteiger partial charge in [0, 0.05) is 5.56 Å². The lowest BCUT2D eigenvalue weighted by Crippen LogP contribution is -2.12. The molecule has 4 nitrogen and oxygen atoms in total. The first-order valence-corrected chi connectivity index (χ1v) is 18.8. The summed E-state index contributed by atoms with van der Waals surface area (Å²) >= 11 is 0.